The maximum absolute atomic E-state index is 12.4. The zero-order valence-corrected chi connectivity index (χ0v) is 16.1. The summed E-state index contributed by atoms with van der Waals surface area (Å²) in [6.07, 6.45) is 1.67. The van der Waals surface area contributed by atoms with Crippen molar-refractivity contribution in [3.05, 3.63) is 77.6 Å². The van der Waals surface area contributed by atoms with E-state index in [4.69, 9.17) is 0 Å². The number of amides is 1. The highest BCUT2D eigenvalue weighted by Crippen LogP contribution is 2.21. The number of pyridine rings is 1. The Morgan fingerprint density at radius 2 is 1.63 bits per heavy atom. The van der Waals surface area contributed by atoms with Gasteiger partial charge in [-0.1, -0.05) is 17.7 Å². The first-order chi connectivity index (χ1) is 12.9. The Balaban J connectivity index is 1.66. The van der Waals surface area contributed by atoms with Crippen LogP contribution in [-0.4, -0.2) is 25.0 Å². The van der Waals surface area contributed by atoms with Gasteiger partial charge in [0.05, 0.1) is 11.9 Å². The van der Waals surface area contributed by atoms with E-state index in [-0.39, 0.29) is 5.91 Å². The molecule has 27 heavy (non-hydrogen) atoms. The highest BCUT2D eigenvalue weighted by molar-refractivity contribution is 6.03. The predicted octanol–water partition coefficient (Wildman–Crippen LogP) is 4.76. The van der Waals surface area contributed by atoms with Crippen molar-refractivity contribution < 1.29 is 4.79 Å². The molecule has 0 unspecified atom stereocenters. The molecular formula is C22H24N4O. The molecule has 0 saturated heterocycles. The van der Waals surface area contributed by atoms with Crippen molar-refractivity contribution in [2.75, 3.05) is 29.6 Å². The summed E-state index contributed by atoms with van der Waals surface area (Å²) in [5.74, 6) is -0.231. The lowest BCUT2D eigenvalue weighted by molar-refractivity contribution is 0.102. The predicted molar refractivity (Wildman–Crippen MR) is 112 cm³/mol. The number of carbonyl (C=O) groups is 1. The number of aryl methyl sites for hydroxylation is 2. The average Bonchev–Trinajstić information content (AvgIpc) is 2.65. The standard InChI is InChI=1S/C22H24N4O/c1-15-5-11-20(16(2)13-15)24-18-8-12-21(23-14-18)22(27)25-17-6-9-19(10-7-17)26(3)4/h5-14,24H,1-4H3,(H,25,27). The average molecular weight is 360 g/mol. The highest BCUT2D eigenvalue weighted by Gasteiger charge is 2.08. The molecule has 2 aromatic carbocycles. The van der Waals surface area contributed by atoms with Crippen LogP contribution in [0.15, 0.2) is 60.8 Å². The van der Waals surface area contributed by atoms with E-state index >= 15 is 0 Å². The molecule has 3 aromatic rings. The number of hydrogen-bond acceptors (Lipinski definition) is 4. The van der Waals surface area contributed by atoms with E-state index in [1.54, 1.807) is 12.3 Å². The summed E-state index contributed by atoms with van der Waals surface area (Å²) in [7, 11) is 3.95. The van der Waals surface area contributed by atoms with Crippen LogP contribution >= 0.6 is 0 Å². The van der Waals surface area contributed by atoms with Crippen LogP contribution in [0.5, 0.6) is 0 Å². The maximum atomic E-state index is 12.4. The van der Waals surface area contributed by atoms with Crippen LogP contribution < -0.4 is 15.5 Å². The molecule has 0 radical (unpaired) electrons. The van der Waals surface area contributed by atoms with E-state index in [2.05, 4.69) is 41.6 Å². The molecule has 5 heteroatoms. The van der Waals surface area contributed by atoms with Crippen LogP contribution in [0.4, 0.5) is 22.7 Å². The molecule has 1 amide bonds. The summed E-state index contributed by atoms with van der Waals surface area (Å²) < 4.78 is 0. The van der Waals surface area contributed by atoms with Crippen molar-refractivity contribution in [2.24, 2.45) is 0 Å². The second-order valence-electron chi connectivity index (χ2n) is 6.77. The first-order valence-electron chi connectivity index (χ1n) is 8.81. The van der Waals surface area contributed by atoms with Crippen LogP contribution in [0.1, 0.15) is 21.6 Å². The summed E-state index contributed by atoms with van der Waals surface area (Å²) >= 11 is 0. The lowest BCUT2D eigenvalue weighted by Crippen LogP contribution is -2.14. The largest absolute Gasteiger partial charge is 0.378 e. The van der Waals surface area contributed by atoms with Gasteiger partial charge < -0.3 is 15.5 Å². The third-order valence-corrected chi connectivity index (χ3v) is 4.30. The van der Waals surface area contributed by atoms with E-state index < -0.39 is 0 Å². The Bertz CT molecular complexity index is 932. The van der Waals surface area contributed by atoms with Gasteiger partial charge in [0, 0.05) is 31.2 Å². The van der Waals surface area contributed by atoms with E-state index in [0.717, 1.165) is 28.3 Å². The molecule has 0 saturated carbocycles. The zero-order chi connectivity index (χ0) is 19.4. The number of hydrogen-bond donors (Lipinski definition) is 2. The van der Waals surface area contributed by atoms with Crippen molar-refractivity contribution in [1.29, 1.82) is 0 Å². The molecule has 0 spiro atoms. The molecule has 5 nitrogen and oxygen atoms in total. The van der Waals surface area contributed by atoms with Crippen molar-refractivity contribution in [2.45, 2.75) is 13.8 Å². The van der Waals surface area contributed by atoms with Gasteiger partial charge in [0.1, 0.15) is 5.69 Å². The topological polar surface area (TPSA) is 57.3 Å². The number of aromatic nitrogens is 1. The fraction of sp³-hybridized carbons (Fsp3) is 0.182. The number of carbonyl (C=O) groups excluding carboxylic acids is 1. The quantitative estimate of drug-likeness (QED) is 0.689. The van der Waals surface area contributed by atoms with Crippen LogP contribution in [0, 0.1) is 13.8 Å². The number of nitrogens with one attached hydrogen (secondary N) is 2. The smallest absolute Gasteiger partial charge is 0.274 e. The molecule has 2 N–H and O–H groups in total. The molecule has 0 aliphatic rings. The van der Waals surface area contributed by atoms with Crippen molar-refractivity contribution in [3.8, 4) is 0 Å². The van der Waals surface area contributed by atoms with Crippen LogP contribution in [-0.2, 0) is 0 Å². The Labute approximate surface area is 160 Å². The summed E-state index contributed by atoms with van der Waals surface area (Å²) in [6.45, 7) is 4.13. The van der Waals surface area contributed by atoms with Crippen molar-refractivity contribution >= 4 is 28.7 Å². The Kier molecular flexibility index (Phi) is 5.41. The molecule has 0 atom stereocenters. The Morgan fingerprint density at radius 3 is 2.22 bits per heavy atom. The fourth-order valence-corrected chi connectivity index (χ4v) is 2.75. The molecule has 0 aliphatic carbocycles. The van der Waals surface area contributed by atoms with Gasteiger partial charge in [0.2, 0.25) is 0 Å². The highest BCUT2D eigenvalue weighted by atomic mass is 16.1. The van der Waals surface area contributed by atoms with Gasteiger partial charge in [-0.2, -0.15) is 0 Å². The molecule has 1 heterocycles. The van der Waals surface area contributed by atoms with Gasteiger partial charge >= 0.3 is 0 Å². The molecular weight excluding hydrogens is 336 g/mol. The van der Waals surface area contributed by atoms with E-state index in [1.165, 1.54) is 5.56 Å². The van der Waals surface area contributed by atoms with Gasteiger partial charge in [-0.25, -0.2) is 4.98 Å². The minimum absolute atomic E-state index is 0.231. The molecule has 138 valence electrons. The molecule has 0 aliphatic heterocycles. The summed E-state index contributed by atoms with van der Waals surface area (Å²) in [6, 6.07) is 17.5. The second-order valence-corrected chi connectivity index (χ2v) is 6.77. The fourth-order valence-electron chi connectivity index (χ4n) is 2.75. The van der Waals surface area contributed by atoms with E-state index in [1.807, 2.05) is 55.4 Å². The van der Waals surface area contributed by atoms with Gasteiger partial charge in [0.25, 0.3) is 5.91 Å². The van der Waals surface area contributed by atoms with Crippen LogP contribution in [0.2, 0.25) is 0 Å². The summed E-state index contributed by atoms with van der Waals surface area (Å²) in [4.78, 5) is 18.7. The van der Waals surface area contributed by atoms with Gasteiger partial charge in [0.15, 0.2) is 0 Å². The molecule has 0 bridgehead atoms. The Hall–Kier alpha value is -3.34. The number of rotatable bonds is 5. The molecule has 0 fully saturated rings. The number of benzene rings is 2. The van der Waals surface area contributed by atoms with Gasteiger partial charge in [-0.15, -0.1) is 0 Å². The summed E-state index contributed by atoms with van der Waals surface area (Å²) in [5, 5.41) is 6.20. The first kappa shape index (κ1) is 18.5. The number of nitrogens with zero attached hydrogens (tertiary/aromatic N) is 2. The van der Waals surface area contributed by atoms with Crippen molar-refractivity contribution in [1.82, 2.24) is 4.98 Å². The minimum Gasteiger partial charge on any atom is -0.378 e. The third-order valence-electron chi connectivity index (χ3n) is 4.30. The zero-order valence-electron chi connectivity index (χ0n) is 16.1. The normalized spacial score (nSPS) is 10.4. The van der Waals surface area contributed by atoms with E-state index in [0.29, 0.717) is 5.69 Å². The summed E-state index contributed by atoms with van der Waals surface area (Å²) in [5.41, 5.74) is 6.45. The SMILES string of the molecule is Cc1ccc(Nc2ccc(C(=O)Nc3ccc(N(C)C)cc3)nc2)c(C)c1. The minimum atomic E-state index is -0.231. The van der Waals surface area contributed by atoms with Crippen molar-refractivity contribution in [3.63, 3.8) is 0 Å². The second kappa shape index (κ2) is 7.91. The molecule has 1 aromatic heterocycles. The van der Waals surface area contributed by atoms with Gasteiger partial charge in [-0.3, -0.25) is 4.79 Å². The van der Waals surface area contributed by atoms with E-state index in [9.17, 15) is 4.79 Å². The van der Waals surface area contributed by atoms with Crippen LogP contribution in [0.25, 0.3) is 0 Å². The first-order valence-corrected chi connectivity index (χ1v) is 8.81. The monoisotopic (exact) mass is 360 g/mol. The maximum Gasteiger partial charge on any atom is 0.274 e. The molecule has 3 rings (SSSR count). The Morgan fingerprint density at radius 1 is 0.926 bits per heavy atom. The lowest BCUT2D eigenvalue weighted by atomic mass is 10.1. The third kappa shape index (κ3) is 4.64. The van der Waals surface area contributed by atoms with Crippen LogP contribution in [0.3, 0.4) is 0 Å². The number of anilines is 4. The lowest BCUT2D eigenvalue weighted by Gasteiger charge is -2.13. The van der Waals surface area contributed by atoms with Gasteiger partial charge in [-0.05, 0) is 61.9 Å².